The number of aromatic nitrogens is 2. The number of hydrogen-bond acceptors (Lipinski definition) is 0. The number of nitrogens with zero attached hydrogens (tertiary/aromatic N) is 2. The van der Waals surface area contributed by atoms with Crippen LogP contribution in [0, 0.1) is 0 Å². The fourth-order valence-corrected chi connectivity index (χ4v) is 1.36. The standard InChI is InChI=1S/C10H19N2.BF3.FH/c1-3-4-5-6-7-12-9-8-11(2)10-12;2-1(3)4;/h8-10H,3-7H2,1-2H3;;1H/q+1;;/p-1. The second-order valence-electron chi connectivity index (χ2n) is 3.63. The van der Waals surface area contributed by atoms with Crippen molar-refractivity contribution >= 4 is 7.54 Å². The third-order valence-electron chi connectivity index (χ3n) is 2.09. The maximum Gasteiger partial charge on any atom is 0.762 e. The lowest BCUT2D eigenvalue weighted by Gasteiger charge is -1.95. The van der Waals surface area contributed by atoms with E-state index < -0.39 is 7.54 Å². The Hall–Kier alpha value is -1.01. The van der Waals surface area contributed by atoms with Gasteiger partial charge >= 0.3 is 7.54 Å². The molecule has 0 bridgehead atoms. The lowest BCUT2D eigenvalue weighted by molar-refractivity contribution is -0.671. The Morgan fingerprint density at radius 2 is 1.76 bits per heavy atom. The maximum atomic E-state index is 9.67. The van der Waals surface area contributed by atoms with E-state index in [-0.39, 0.29) is 4.70 Å². The van der Waals surface area contributed by atoms with E-state index in [1.54, 1.807) is 0 Å². The van der Waals surface area contributed by atoms with Crippen molar-refractivity contribution in [2.75, 3.05) is 0 Å². The number of hydrogen-bond donors (Lipinski definition) is 0. The van der Waals surface area contributed by atoms with Crippen molar-refractivity contribution in [3.8, 4) is 0 Å². The smallest absolute Gasteiger partial charge is 0.762 e. The fourth-order valence-electron chi connectivity index (χ4n) is 1.36. The van der Waals surface area contributed by atoms with Crippen LogP contribution in [0.4, 0.5) is 12.9 Å². The van der Waals surface area contributed by atoms with Crippen molar-refractivity contribution in [1.82, 2.24) is 4.57 Å². The van der Waals surface area contributed by atoms with Gasteiger partial charge in [0.1, 0.15) is 12.4 Å². The lowest BCUT2D eigenvalue weighted by Crippen LogP contribution is -3.00. The third kappa shape index (κ3) is 12.9. The van der Waals surface area contributed by atoms with E-state index in [4.69, 9.17) is 0 Å². The molecule has 0 spiro atoms. The largest absolute Gasteiger partial charge is 1.00 e. The van der Waals surface area contributed by atoms with Crippen molar-refractivity contribution in [3.63, 3.8) is 0 Å². The Balaban J connectivity index is 0. The van der Waals surface area contributed by atoms with E-state index >= 15 is 0 Å². The molecule has 1 heterocycles. The Bertz CT molecular complexity index is 266. The normalized spacial score (nSPS) is 9.00. The van der Waals surface area contributed by atoms with Crippen LogP contribution >= 0.6 is 0 Å². The number of rotatable bonds is 5. The molecular weight excluding hydrogens is 235 g/mol. The van der Waals surface area contributed by atoms with Crippen LogP contribution < -0.4 is 9.27 Å². The summed E-state index contributed by atoms with van der Waals surface area (Å²) in [5.74, 6) is 0. The molecule has 17 heavy (non-hydrogen) atoms. The van der Waals surface area contributed by atoms with Crippen LogP contribution in [0.2, 0.25) is 0 Å². The molecule has 0 aliphatic heterocycles. The Morgan fingerprint density at radius 3 is 2.18 bits per heavy atom. The second-order valence-corrected chi connectivity index (χ2v) is 3.63. The summed E-state index contributed by atoms with van der Waals surface area (Å²) in [7, 11) is -1.61. The summed E-state index contributed by atoms with van der Waals surface area (Å²) in [6.45, 7) is 3.41. The average Bonchev–Trinajstić information content (AvgIpc) is 2.58. The van der Waals surface area contributed by atoms with Crippen LogP contribution in [0.25, 0.3) is 0 Å². The predicted molar refractivity (Wildman–Crippen MR) is 58.8 cm³/mol. The second kappa shape index (κ2) is 11.5. The van der Waals surface area contributed by atoms with Crippen molar-refractivity contribution in [1.29, 1.82) is 0 Å². The number of aryl methyl sites for hydroxylation is 2. The first-order chi connectivity index (χ1) is 7.56. The van der Waals surface area contributed by atoms with Gasteiger partial charge in [0.15, 0.2) is 0 Å². The van der Waals surface area contributed by atoms with Crippen LogP contribution in [0.1, 0.15) is 32.6 Å². The molecule has 0 aliphatic carbocycles. The van der Waals surface area contributed by atoms with Crippen LogP contribution in [0.15, 0.2) is 18.7 Å². The van der Waals surface area contributed by atoms with Gasteiger partial charge in [-0.05, 0) is 12.8 Å². The maximum absolute atomic E-state index is 9.67. The number of imidazole rings is 1. The van der Waals surface area contributed by atoms with Crippen LogP contribution in [0.5, 0.6) is 0 Å². The molecule has 0 amide bonds. The first kappa shape index (κ1) is 18.4. The van der Waals surface area contributed by atoms with E-state index in [0.29, 0.717) is 0 Å². The third-order valence-corrected chi connectivity index (χ3v) is 2.09. The number of halogens is 4. The topological polar surface area (TPSA) is 8.81 Å². The lowest BCUT2D eigenvalue weighted by atomic mass is 10.2. The van der Waals surface area contributed by atoms with Gasteiger partial charge in [-0.25, -0.2) is 9.13 Å². The SMILES string of the molecule is CCCCCCn1cc[n+](C)c1.FB(F)F.[F-]. The van der Waals surface area contributed by atoms with Gasteiger partial charge in [-0.2, -0.15) is 0 Å². The zero-order valence-electron chi connectivity index (χ0n) is 10.3. The van der Waals surface area contributed by atoms with Gasteiger partial charge in [-0.1, -0.05) is 19.8 Å². The Labute approximate surface area is 100 Å². The van der Waals surface area contributed by atoms with Gasteiger partial charge in [0.05, 0.1) is 13.6 Å². The molecule has 0 unspecified atom stereocenters. The van der Waals surface area contributed by atoms with Gasteiger partial charge in [0.2, 0.25) is 6.33 Å². The minimum atomic E-state index is -3.67. The molecule has 0 atom stereocenters. The molecule has 0 aromatic carbocycles. The van der Waals surface area contributed by atoms with Gasteiger partial charge < -0.3 is 4.70 Å². The average molecular weight is 254 g/mol. The summed E-state index contributed by atoms with van der Waals surface area (Å²) < 4.78 is 33.3. The van der Waals surface area contributed by atoms with Gasteiger partial charge in [-0.3, -0.25) is 12.9 Å². The van der Waals surface area contributed by atoms with Crippen molar-refractivity contribution < 1.29 is 22.2 Å². The van der Waals surface area contributed by atoms with Crippen molar-refractivity contribution in [3.05, 3.63) is 18.7 Å². The highest BCUT2D eigenvalue weighted by Crippen LogP contribution is 2.00. The molecule has 0 N–H and O–H groups in total. The molecule has 1 aromatic heterocycles. The number of unbranched alkanes of at least 4 members (excludes halogenated alkanes) is 3. The first-order valence-corrected chi connectivity index (χ1v) is 5.49. The monoisotopic (exact) mass is 254 g/mol. The predicted octanol–water partition coefficient (Wildman–Crippen LogP) is -0.223. The molecule has 0 saturated carbocycles. The summed E-state index contributed by atoms with van der Waals surface area (Å²) in [5, 5.41) is 0. The van der Waals surface area contributed by atoms with Crippen LogP contribution in [-0.4, -0.2) is 12.1 Å². The van der Waals surface area contributed by atoms with Crippen LogP contribution in [-0.2, 0) is 13.6 Å². The Morgan fingerprint density at radius 1 is 1.18 bits per heavy atom. The van der Waals surface area contributed by atoms with Crippen molar-refractivity contribution in [2.24, 2.45) is 7.05 Å². The molecule has 100 valence electrons. The molecule has 1 aromatic rings. The minimum Gasteiger partial charge on any atom is -1.00 e. The van der Waals surface area contributed by atoms with E-state index in [0.717, 1.165) is 0 Å². The highest BCUT2D eigenvalue weighted by molar-refractivity contribution is 6.33. The molecule has 0 saturated heterocycles. The molecule has 0 aliphatic rings. The first-order valence-electron chi connectivity index (χ1n) is 5.49. The molecular formula is C10H19BF4N2. The zero-order valence-corrected chi connectivity index (χ0v) is 10.3. The van der Waals surface area contributed by atoms with Gasteiger partial charge in [0.25, 0.3) is 0 Å². The Kier molecular flexibility index (Phi) is 12.4. The molecule has 0 fully saturated rings. The fraction of sp³-hybridized carbons (Fsp3) is 0.700. The van der Waals surface area contributed by atoms with Gasteiger partial charge in [0, 0.05) is 0 Å². The van der Waals surface area contributed by atoms with E-state index in [9.17, 15) is 12.9 Å². The molecule has 7 heteroatoms. The summed E-state index contributed by atoms with van der Waals surface area (Å²) in [6, 6.07) is 0. The van der Waals surface area contributed by atoms with E-state index in [1.807, 2.05) is 0 Å². The zero-order chi connectivity index (χ0) is 12.4. The summed E-state index contributed by atoms with van der Waals surface area (Å²) >= 11 is 0. The molecule has 1 rings (SSSR count). The highest BCUT2D eigenvalue weighted by Gasteiger charge is 2.06. The minimum absolute atomic E-state index is 0. The van der Waals surface area contributed by atoms with E-state index in [1.165, 1.54) is 32.2 Å². The molecule has 0 radical (unpaired) electrons. The highest BCUT2D eigenvalue weighted by atomic mass is 19.4. The van der Waals surface area contributed by atoms with Crippen LogP contribution in [0.3, 0.4) is 0 Å². The van der Waals surface area contributed by atoms with Gasteiger partial charge in [-0.15, -0.1) is 0 Å². The van der Waals surface area contributed by atoms with Crippen molar-refractivity contribution in [2.45, 2.75) is 39.2 Å². The summed E-state index contributed by atoms with van der Waals surface area (Å²) in [4.78, 5) is 0. The quantitative estimate of drug-likeness (QED) is 0.297. The van der Waals surface area contributed by atoms with E-state index in [2.05, 4.69) is 41.8 Å². The summed E-state index contributed by atoms with van der Waals surface area (Å²) in [6.07, 6.45) is 11.7. The summed E-state index contributed by atoms with van der Waals surface area (Å²) in [5.41, 5.74) is 0. The molecule has 2 nitrogen and oxygen atoms in total.